The molecule has 0 amide bonds. The maximum absolute atomic E-state index is 13.0. The van der Waals surface area contributed by atoms with E-state index < -0.39 is 0 Å². The molecule has 10 nitrogen and oxygen atoms in total. The van der Waals surface area contributed by atoms with E-state index in [9.17, 15) is 4.79 Å². The highest BCUT2D eigenvalue weighted by atomic mass is 16.5. The summed E-state index contributed by atoms with van der Waals surface area (Å²) in [4.78, 5) is 25.8. The smallest absolute Gasteiger partial charge is 0.202 e. The summed E-state index contributed by atoms with van der Waals surface area (Å²) in [6.07, 6.45) is 2.33. The van der Waals surface area contributed by atoms with Crippen molar-refractivity contribution in [3.8, 4) is 16.9 Å². The third kappa shape index (κ3) is 3.91. The predicted molar refractivity (Wildman–Crippen MR) is 145 cm³/mol. The quantitative estimate of drug-likeness (QED) is 0.240. The second-order valence-corrected chi connectivity index (χ2v) is 10.2. The number of aromatic nitrogens is 6. The molecule has 0 radical (unpaired) electrons. The summed E-state index contributed by atoms with van der Waals surface area (Å²) in [7, 11) is 1.64. The number of anilines is 2. The van der Waals surface area contributed by atoms with Crippen molar-refractivity contribution in [3.05, 3.63) is 41.2 Å². The van der Waals surface area contributed by atoms with Gasteiger partial charge in [0.05, 0.1) is 29.4 Å². The number of Topliss-reactive ketones (excluding diaryl/α,β-unsaturated/α-hetero) is 1. The molecule has 0 unspecified atom stereocenters. The fourth-order valence-corrected chi connectivity index (χ4v) is 4.99. The maximum Gasteiger partial charge on any atom is 0.202 e. The second kappa shape index (κ2) is 8.97. The standard InChI is InChI=1S/C28H31N7O3/c1-7-35-22(12-19(33-35)16-8-9-16)30-27-24-17-11-21(37-6)18(23-14(4)34-38-15(23)5)10-20(17)29-26(24)31-28(32-27)25(36)13(2)3/h10-13,16H,7-9H2,1-6H3,(H2,29,30,31,32). The van der Waals surface area contributed by atoms with Crippen LogP contribution in [0.1, 0.15) is 67.3 Å². The van der Waals surface area contributed by atoms with Gasteiger partial charge in [-0.25, -0.2) is 14.6 Å². The number of carbonyl (C=O) groups is 1. The van der Waals surface area contributed by atoms with Crippen molar-refractivity contribution < 1.29 is 14.1 Å². The number of carbonyl (C=O) groups excluding carboxylic acids is 1. The second-order valence-electron chi connectivity index (χ2n) is 10.2. The van der Waals surface area contributed by atoms with Crippen LogP contribution in [0.2, 0.25) is 0 Å². The fourth-order valence-electron chi connectivity index (χ4n) is 4.99. The lowest BCUT2D eigenvalue weighted by molar-refractivity contribution is 0.0929. The molecule has 4 aromatic heterocycles. The van der Waals surface area contributed by atoms with Crippen LogP contribution in [0.15, 0.2) is 22.7 Å². The molecule has 5 aromatic rings. The van der Waals surface area contributed by atoms with E-state index in [0.717, 1.165) is 44.6 Å². The Morgan fingerprint density at radius 3 is 2.66 bits per heavy atom. The van der Waals surface area contributed by atoms with E-state index in [0.29, 0.717) is 35.4 Å². The number of hydrogen-bond acceptors (Lipinski definition) is 8. The highest BCUT2D eigenvalue weighted by Crippen LogP contribution is 2.42. The molecular formula is C28H31N7O3. The molecule has 1 aliphatic rings. The molecule has 0 aliphatic heterocycles. The molecule has 0 atom stereocenters. The molecule has 1 fully saturated rings. The third-order valence-electron chi connectivity index (χ3n) is 7.16. The van der Waals surface area contributed by atoms with Crippen molar-refractivity contribution >= 4 is 39.4 Å². The van der Waals surface area contributed by atoms with Crippen molar-refractivity contribution in [2.75, 3.05) is 12.4 Å². The van der Waals surface area contributed by atoms with Gasteiger partial charge in [-0.3, -0.25) is 4.79 Å². The normalized spacial score (nSPS) is 13.7. The van der Waals surface area contributed by atoms with Gasteiger partial charge in [0, 0.05) is 40.9 Å². The number of fused-ring (bicyclic) bond motifs is 3. The summed E-state index contributed by atoms with van der Waals surface area (Å²) in [6, 6.07) is 6.07. The minimum absolute atomic E-state index is 0.120. The van der Waals surface area contributed by atoms with E-state index in [2.05, 4.69) is 33.4 Å². The average molecular weight is 514 g/mol. The van der Waals surface area contributed by atoms with Crippen LogP contribution in [0.4, 0.5) is 11.6 Å². The molecule has 1 saturated carbocycles. The number of aromatic amines is 1. The molecule has 38 heavy (non-hydrogen) atoms. The molecular weight excluding hydrogens is 482 g/mol. The van der Waals surface area contributed by atoms with Crippen molar-refractivity contribution in [2.45, 2.75) is 59.9 Å². The van der Waals surface area contributed by atoms with Gasteiger partial charge in [-0.15, -0.1) is 0 Å². The zero-order chi connectivity index (χ0) is 26.7. The van der Waals surface area contributed by atoms with Crippen molar-refractivity contribution in [3.63, 3.8) is 0 Å². The molecule has 10 heteroatoms. The number of ether oxygens (including phenoxy) is 1. The Morgan fingerprint density at radius 2 is 2.03 bits per heavy atom. The van der Waals surface area contributed by atoms with Crippen LogP contribution in [0.3, 0.4) is 0 Å². The van der Waals surface area contributed by atoms with E-state index >= 15 is 0 Å². The number of benzene rings is 1. The van der Waals surface area contributed by atoms with Crippen LogP contribution in [0.5, 0.6) is 5.75 Å². The van der Waals surface area contributed by atoms with Crippen molar-refractivity contribution in [1.29, 1.82) is 0 Å². The Morgan fingerprint density at radius 1 is 1.24 bits per heavy atom. The largest absolute Gasteiger partial charge is 0.496 e. The van der Waals surface area contributed by atoms with Crippen LogP contribution in [0.25, 0.3) is 33.1 Å². The number of H-pyrrole nitrogens is 1. The lowest BCUT2D eigenvalue weighted by Gasteiger charge is -2.12. The van der Waals surface area contributed by atoms with Gasteiger partial charge >= 0.3 is 0 Å². The van der Waals surface area contributed by atoms with E-state index in [1.165, 1.54) is 12.8 Å². The zero-order valence-electron chi connectivity index (χ0n) is 22.5. The van der Waals surface area contributed by atoms with Gasteiger partial charge in [0.25, 0.3) is 0 Å². The minimum atomic E-state index is -0.237. The molecule has 6 rings (SSSR count). The summed E-state index contributed by atoms with van der Waals surface area (Å²) in [5, 5.41) is 14.1. The Balaban J connectivity index is 1.58. The first-order chi connectivity index (χ1) is 18.3. The van der Waals surface area contributed by atoms with Gasteiger partial charge in [0.2, 0.25) is 5.78 Å². The Kier molecular flexibility index (Phi) is 5.70. The lowest BCUT2D eigenvalue weighted by Crippen LogP contribution is -2.14. The molecule has 2 N–H and O–H groups in total. The van der Waals surface area contributed by atoms with E-state index in [1.54, 1.807) is 7.11 Å². The van der Waals surface area contributed by atoms with Crippen molar-refractivity contribution in [1.82, 2.24) is 29.9 Å². The number of aryl methyl sites for hydroxylation is 3. The van der Waals surface area contributed by atoms with E-state index in [-0.39, 0.29) is 17.5 Å². The minimum Gasteiger partial charge on any atom is -0.496 e. The zero-order valence-corrected chi connectivity index (χ0v) is 22.5. The fraction of sp³-hybridized carbons (Fsp3) is 0.393. The monoisotopic (exact) mass is 513 g/mol. The van der Waals surface area contributed by atoms with Gasteiger partial charge in [-0.2, -0.15) is 5.10 Å². The Bertz CT molecular complexity index is 1690. The predicted octanol–water partition coefficient (Wildman–Crippen LogP) is 6.07. The molecule has 1 aromatic carbocycles. The first kappa shape index (κ1) is 24.1. The first-order valence-corrected chi connectivity index (χ1v) is 13.0. The number of hydrogen-bond donors (Lipinski definition) is 2. The van der Waals surface area contributed by atoms with Gasteiger partial charge in [0.1, 0.15) is 28.8 Å². The molecule has 0 saturated heterocycles. The topological polar surface area (TPSA) is 124 Å². The van der Waals surface area contributed by atoms with Gasteiger partial charge in [0.15, 0.2) is 5.82 Å². The molecule has 4 heterocycles. The SMILES string of the molecule is CCn1nc(C2CC2)cc1Nc1nc(C(=O)C(C)C)nc2[nH]c3cc(-c4c(C)noc4C)c(OC)cc3c12. The molecule has 1 aliphatic carbocycles. The molecule has 196 valence electrons. The third-order valence-corrected chi connectivity index (χ3v) is 7.16. The summed E-state index contributed by atoms with van der Waals surface area (Å²) < 4.78 is 13.2. The van der Waals surface area contributed by atoms with Crippen LogP contribution in [-0.2, 0) is 6.54 Å². The first-order valence-electron chi connectivity index (χ1n) is 13.0. The van der Waals surface area contributed by atoms with Gasteiger partial charge < -0.3 is 19.6 Å². The highest BCUT2D eigenvalue weighted by molar-refractivity contribution is 6.14. The average Bonchev–Trinajstić information content (AvgIpc) is 3.45. The Hall–Kier alpha value is -4.21. The van der Waals surface area contributed by atoms with Crippen molar-refractivity contribution in [2.24, 2.45) is 5.92 Å². The summed E-state index contributed by atoms with van der Waals surface area (Å²) in [6.45, 7) is 10.3. The Labute approximate surface area is 219 Å². The van der Waals surface area contributed by atoms with Crippen LogP contribution >= 0.6 is 0 Å². The maximum atomic E-state index is 13.0. The van der Waals surface area contributed by atoms with Crippen LogP contribution < -0.4 is 10.1 Å². The van der Waals surface area contributed by atoms with Crippen LogP contribution in [-0.4, -0.2) is 42.8 Å². The molecule has 0 spiro atoms. The van der Waals surface area contributed by atoms with Gasteiger partial charge in [-0.05, 0) is 45.7 Å². The van der Waals surface area contributed by atoms with Gasteiger partial charge in [-0.1, -0.05) is 19.0 Å². The highest BCUT2D eigenvalue weighted by Gasteiger charge is 2.28. The molecule has 0 bridgehead atoms. The summed E-state index contributed by atoms with van der Waals surface area (Å²) >= 11 is 0. The van der Waals surface area contributed by atoms with E-state index in [1.807, 2.05) is 44.5 Å². The van der Waals surface area contributed by atoms with E-state index in [4.69, 9.17) is 19.3 Å². The number of nitrogens with one attached hydrogen (secondary N) is 2. The summed E-state index contributed by atoms with van der Waals surface area (Å²) in [5.41, 5.74) is 5.03. The van der Waals surface area contributed by atoms with Crippen LogP contribution in [0, 0.1) is 19.8 Å². The lowest BCUT2D eigenvalue weighted by atomic mass is 10.0. The number of methoxy groups -OCH3 is 1. The number of ketones is 1. The summed E-state index contributed by atoms with van der Waals surface area (Å²) in [5.74, 6) is 3.11. The number of rotatable bonds is 8. The number of nitrogens with zero attached hydrogens (tertiary/aromatic N) is 5.